The summed E-state index contributed by atoms with van der Waals surface area (Å²) in [5.41, 5.74) is 2.03. The first-order valence-corrected chi connectivity index (χ1v) is 9.62. The van der Waals surface area contributed by atoms with Crippen LogP contribution in [0.2, 0.25) is 0 Å². The van der Waals surface area contributed by atoms with Gasteiger partial charge in [0.25, 0.3) is 11.8 Å². The number of fused-ring (bicyclic) bond motifs is 1. The van der Waals surface area contributed by atoms with Crippen molar-refractivity contribution in [1.29, 1.82) is 0 Å². The third-order valence-electron chi connectivity index (χ3n) is 4.65. The number of carbonyl (C=O) groups is 2. The summed E-state index contributed by atoms with van der Waals surface area (Å²) < 4.78 is 24.2. The number of anilines is 2. The van der Waals surface area contributed by atoms with Crippen molar-refractivity contribution in [3.63, 3.8) is 0 Å². The fourth-order valence-corrected chi connectivity index (χ4v) is 4.84. The first-order valence-electron chi connectivity index (χ1n) is 8.13. The Balaban J connectivity index is 2.05. The fraction of sp³-hybridized carbons (Fsp3) is 0.312. The molecule has 11 heteroatoms. The Hall–Kier alpha value is -2.92. The lowest BCUT2D eigenvalue weighted by molar-refractivity contribution is -0.131. The first kappa shape index (κ1) is 18.9. The molecule has 1 atom stereocenters. The SMILES string of the molecule is CCN1CC(C)(C(=O)NO)S(=O)(=O)c2ccc(C(=O)Nc3ccn[nH]3)cc21. The smallest absolute Gasteiger partial charge is 0.266 e. The molecule has 0 bridgehead atoms. The van der Waals surface area contributed by atoms with Crippen LogP contribution in [0, 0.1) is 0 Å². The summed E-state index contributed by atoms with van der Waals surface area (Å²) in [6.07, 6.45) is 1.49. The number of aromatic nitrogens is 2. The molecule has 144 valence electrons. The van der Waals surface area contributed by atoms with E-state index >= 15 is 0 Å². The van der Waals surface area contributed by atoms with E-state index in [1.807, 2.05) is 0 Å². The van der Waals surface area contributed by atoms with E-state index in [2.05, 4.69) is 15.5 Å². The van der Waals surface area contributed by atoms with E-state index in [0.717, 1.165) is 0 Å². The number of hydroxylamine groups is 1. The molecular weight excluding hydrogens is 374 g/mol. The van der Waals surface area contributed by atoms with E-state index in [-0.39, 0.29) is 17.0 Å². The quantitative estimate of drug-likeness (QED) is 0.438. The van der Waals surface area contributed by atoms with Gasteiger partial charge in [-0.25, -0.2) is 13.9 Å². The zero-order chi connectivity index (χ0) is 19.8. The van der Waals surface area contributed by atoms with Crippen LogP contribution in [0.15, 0.2) is 35.4 Å². The third kappa shape index (κ3) is 2.94. The van der Waals surface area contributed by atoms with Gasteiger partial charge in [-0.15, -0.1) is 0 Å². The van der Waals surface area contributed by atoms with Crippen molar-refractivity contribution >= 4 is 33.2 Å². The summed E-state index contributed by atoms with van der Waals surface area (Å²) in [6, 6.07) is 5.73. The highest BCUT2D eigenvalue weighted by Crippen LogP contribution is 2.40. The molecule has 0 radical (unpaired) electrons. The van der Waals surface area contributed by atoms with Crippen molar-refractivity contribution in [2.24, 2.45) is 0 Å². The summed E-state index contributed by atoms with van der Waals surface area (Å²) in [7, 11) is -4.09. The Morgan fingerprint density at radius 2 is 2.11 bits per heavy atom. The Morgan fingerprint density at radius 1 is 1.37 bits per heavy atom. The lowest BCUT2D eigenvalue weighted by atomic mass is 10.1. The van der Waals surface area contributed by atoms with Crippen molar-refractivity contribution in [1.82, 2.24) is 15.7 Å². The molecule has 1 aromatic carbocycles. The Kier molecular flexibility index (Phi) is 4.66. The number of nitrogens with one attached hydrogen (secondary N) is 3. The van der Waals surface area contributed by atoms with Crippen molar-refractivity contribution in [3.05, 3.63) is 36.0 Å². The van der Waals surface area contributed by atoms with Crippen LogP contribution in [0.3, 0.4) is 0 Å². The number of amides is 2. The van der Waals surface area contributed by atoms with Gasteiger partial charge in [-0.2, -0.15) is 5.10 Å². The highest BCUT2D eigenvalue weighted by Gasteiger charge is 2.52. The van der Waals surface area contributed by atoms with E-state index in [1.165, 1.54) is 36.8 Å². The number of carbonyl (C=O) groups excluding carboxylic acids is 2. The molecule has 0 spiro atoms. The molecule has 1 aliphatic rings. The molecule has 1 unspecified atom stereocenters. The van der Waals surface area contributed by atoms with Gasteiger partial charge < -0.3 is 10.2 Å². The van der Waals surface area contributed by atoms with Gasteiger partial charge in [-0.05, 0) is 32.0 Å². The van der Waals surface area contributed by atoms with Crippen LogP contribution >= 0.6 is 0 Å². The monoisotopic (exact) mass is 393 g/mol. The first-order chi connectivity index (χ1) is 12.7. The number of sulfone groups is 1. The molecule has 0 saturated heterocycles. The second-order valence-corrected chi connectivity index (χ2v) is 8.64. The van der Waals surface area contributed by atoms with Crippen molar-refractivity contribution in [3.8, 4) is 0 Å². The molecule has 2 aromatic rings. The van der Waals surface area contributed by atoms with E-state index in [0.29, 0.717) is 18.1 Å². The summed E-state index contributed by atoms with van der Waals surface area (Å²) in [5.74, 6) is -1.03. The summed E-state index contributed by atoms with van der Waals surface area (Å²) >= 11 is 0. The molecule has 1 aromatic heterocycles. The molecule has 27 heavy (non-hydrogen) atoms. The maximum Gasteiger partial charge on any atom is 0.266 e. The van der Waals surface area contributed by atoms with E-state index in [1.54, 1.807) is 17.9 Å². The second-order valence-electron chi connectivity index (χ2n) is 6.30. The van der Waals surface area contributed by atoms with Gasteiger partial charge in [0.1, 0.15) is 5.82 Å². The van der Waals surface area contributed by atoms with Crippen LogP contribution in [0.1, 0.15) is 24.2 Å². The average Bonchev–Trinajstić information content (AvgIpc) is 3.16. The molecule has 3 rings (SSSR count). The minimum absolute atomic E-state index is 0.0696. The predicted octanol–water partition coefficient (Wildman–Crippen LogP) is 0.540. The van der Waals surface area contributed by atoms with Crippen molar-refractivity contribution < 1.29 is 23.2 Å². The number of nitrogens with zero attached hydrogens (tertiary/aromatic N) is 2. The second kappa shape index (κ2) is 6.67. The van der Waals surface area contributed by atoms with Crippen LogP contribution in [0.4, 0.5) is 11.5 Å². The maximum atomic E-state index is 13.0. The average molecular weight is 393 g/mol. The zero-order valence-electron chi connectivity index (χ0n) is 14.7. The molecule has 4 N–H and O–H groups in total. The highest BCUT2D eigenvalue weighted by molar-refractivity contribution is 7.94. The highest BCUT2D eigenvalue weighted by atomic mass is 32.2. The number of hydrogen-bond donors (Lipinski definition) is 4. The van der Waals surface area contributed by atoms with Crippen LogP contribution < -0.4 is 15.7 Å². The van der Waals surface area contributed by atoms with Crippen LogP contribution in [-0.4, -0.2) is 53.5 Å². The lowest BCUT2D eigenvalue weighted by Gasteiger charge is -2.40. The van der Waals surface area contributed by atoms with E-state index in [4.69, 9.17) is 5.21 Å². The molecule has 2 amide bonds. The topological polar surface area (TPSA) is 144 Å². The van der Waals surface area contributed by atoms with Crippen molar-refractivity contribution in [2.75, 3.05) is 23.3 Å². The standard InChI is InChI=1S/C16H19N5O5S/c1-3-21-9-16(2,15(23)20-24)27(25,26)12-5-4-10(8-11(12)21)14(22)18-13-6-7-17-19-13/h4-8,24H,3,9H2,1-2H3,(H,20,23)(H2,17,18,19,22). The molecule has 2 heterocycles. The number of rotatable bonds is 4. The predicted molar refractivity (Wildman–Crippen MR) is 96.4 cm³/mol. The minimum atomic E-state index is -4.09. The fourth-order valence-electron chi connectivity index (χ4n) is 3.02. The maximum absolute atomic E-state index is 13.0. The van der Waals surface area contributed by atoms with Gasteiger partial charge in [-0.1, -0.05) is 0 Å². The van der Waals surface area contributed by atoms with Crippen LogP contribution in [-0.2, 0) is 14.6 Å². The molecule has 0 fully saturated rings. The summed E-state index contributed by atoms with van der Waals surface area (Å²) in [5, 5.41) is 18.0. The normalized spacial score (nSPS) is 20.6. The summed E-state index contributed by atoms with van der Waals surface area (Å²) in [6.45, 7) is 3.31. The van der Waals surface area contributed by atoms with Gasteiger partial charge in [0, 0.05) is 24.7 Å². The minimum Gasteiger partial charge on any atom is -0.369 e. The van der Waals surface area contributed by atoms with Crippen molar-refractivity contribution in [2.45, 2.75) is 23.5 Å². The zero-order valence-corrected chi connectivity index (χ0v) is 15.5. The molecule has 1 aliphatic heterocycles. The molecule has 0 aliphatic carbocycles. The number of benzene rings is 1. The number of aromatic amines is 1. The molecular formula is C16H19N5O5S. The Morgan fingerprint density at radius 3 is 2.70 bits per heavy atom. The Labute approximate surface area is 155 Å². The van der Waals surface area contributed by atoms with Crippen LogP contribution in [0.5, 0.6) is 0 Å². The van der Waals surface area contributed by atoms with Gasteiger partial charge in [0.15, 0.2) is 14.6 Å². The van der Waals surface area contributed by atoms with E-state index in [9.17, 15) is 18.0 Å². The van der Waals surface area contributed by atoms with Gasteiger partial charge in [0.05, 0.1) is 16.8 Å². The molecule has 10 nitrogen and oxygen atoms in total. The number of hydrogen-bond acceptors (Lipinski definition) is 7. The number of H-pyrrole nitrogens is 1. The lowest BCUT2D eigenvalue weighted by Crippen LogP contribution is -2.59. The Bertz CT molecular complexity index is 989. The van der Waals surface area contributed by atoms with Gasteiger partial charge in [0.2, 0.25) is 0 Å². The van der Waals surface area contributed by atoms with Gasteiger partial charge >= 0.3 is 0 Å². The van der Waals surface area contributed by atoms with Crippen LogP contribution in [0.25, 0.3) is 0 Å². The van der Waals surface area contributed by atoms with E-state index < -0.39 is 26.4 Å². The third-order valence-corrected chi connectivity index (χ3v) is 7.07. The summed E-state index contributed by atoms with van der Waals surface area (Å²) in [4.78, 5) is 26.1. The largest absolute Gasteiger partial charge is 0.369 e. The molecule has 0 saturated carbocycles. The van der Waals surface area contributed by atoms with Gasteiger partial charge in [-0.3, -0.25) is 19.9 Å².